The quantitative estimate of drug-likeness (QED) is 0.911. The van der Waals surface area contributed by atoms with Crippen molar-refractivity contribution in [3.63, 3.8) is 0 Å². The number of alkyl carbamates (subject to hydrolysis) is 1. The van der Waals surface area contributed by atoms with Crippen LogP contribution in [0, 0.1) is 11.3 Å². The number of carbonyl (C=O) groups is 1. The summed E-state index contributed by atoms with van der Waals surface area (Å²) in [6, 6.07) is 2.02. The Kier molecular flexibility index (Phi) is 5.57. The van der Waals surface area contributed by atoms with E-state index in [4.69, 9.17) is 10.00 Å². The average molecular weight is 343 g/mol. The first-order valence-corrected chi connectivity index (χ1v) is 7.18. The number of nitrogens with one attached hydrogen (secondary N) is 1. The Morgan fingerprint density at radius 1 is 1.55 bits per heavy atom. The van der Waals surface area contributed by atoms with E-state index in [-0.39, 0.29) is 12.1 Å². The fourth-order valence-corrected chi connectivity index (χ4v) is 2.20. The van der Waals surface area contributed by atoms with Crippen molar-refractivity contribution in [3.05, 3.63) is 15.9 Å². The van der Waals surface area contributed by atoms with E-state index in [1.807, 2.05) is 33.8 Å². The molecule has 110 valence electrons. The van der Waals surface area contributed by atoms with Crippen LogP contribution in [0.1, 0.15) is 39.1 Å². The predicted molar refractivity (Wildman–Crippen MR) is 78.3 cm³/mol. The highest BCUT2D eigenvalue weighted by atomic mass is 79.9. The van der Waals surface area contributed by atoms with Gasteiger partial charge in [0, 0.05) is 18.5 Å². The molecule has 1 aromatic rings. The van der Waals surface area contributed by atoms with E-state index in [0.717, 1.165) is 5.69 Å². The van der Waals surface area contributed by atoms with Crippen LogP contribution in [0.2, 0.25) is 0 Å². The van der Waals surface area contributed by atoms with Crippen molar-refractivity contribution < 1.29 is 9.53 Å². The summed E-state index contributed by atoms with van der Waals surface area (Å²) in [4.78, 5) is 11.5. The predicted octanol–water partition coefficient (Wildman–Crippen LogP) is 2.60. The Bertz CT molecular complexity index is 526. The van der Waals surface area contributed by atoms with E-state index in [1.165, 1.54) is 0 Å². The molecule has 1 N–H and O–H groups in total. The van der Waals surface area contributed by atoms with Crippen LogP contribution in [0.5, 0.6) is 0 Å². The van der Waals surface area contributed by atoms with E-state index in [1.54, 1.807) is 4.68 Å². The second-order valence-corrected chi connectivity index (χ2v) is 6.09. The van der Waals surface area contributed by atoms with Crippen LogP contribution >= 0.6 is 15.9 Å². The first-order chi connectivity index (χ1) is 9.28. The number of hydrogen-bond donors (Lipinski definition) is 1. The van der Waals surface area contributed by atoms with Gasteiger partial charge in [-0.1, -0.05) is 0 Å². The Morgan fingerprint density at radius 3 is 2.70 bits per heavy atom. The molecule has 0 fully saturated rings. The van der Waals surface area contributed by atoms with Gasteiger partial charge in [0.05, 0.1) is 16.8 Å². The minimum absolute atomic E-state index is 0.233. The average Bonchev–Trinajstić information content (AvgIpc) is 2.64. The highest BCUT2D eigenvalue weighted by Crippen LogP contribution is 2.21. The molecule has 20 heavy (non-hydrogen) atoms. The normalized spacial score (nSPS) is 11.0. The van der Waals surface area contributed by atoms with E-state index >= 15 is 0 Å². The topological polar surface area (TPSA) is 79.9 Å². The molecule has 0 saturated heterocycles. The zero-order chi connectivity index (χ0) is 15.3. The maximum absolute atomic E-state index is 11.5. The van der Waals surface area contributed by atoms with E-state index in [0.29, 0.717) is 23.1 Å². The number of nitrogens with zero attached hydrogens (tertiary/aromatic N) is 3. The second-order valence-electron chi connectivity index (χ2n) is 5.30. The number of aryl methyl sites for hydroxylation is 1. The molecule has 0 aromatic carbocycles. The van der Waals surface area contributed by atoms with Crippen molar-refractivity contribution in [1.29, 1.82) is 5.26 Å². The van der Waals surface area contributed by atoms with Gasteiger partial charge in [0.25, 0.3) is 0 Å². The number of halogens is 1. The van der Waals surface area contributed by atoms with Gasteiger partial charge in [0.1, 0.15) is 6.07 Å². The molecule has 1 heterocycles. The lowest BCUT2D eigenvalue weighted by Gasteiger charge is -2.19. The summed E-state index contributed by atoms with van der Waals surface area (Å²) in [6.45, 7) is 8.49. The fraction of sp³-hybridized carbons (Fsp3) is 0.615. The zero-order valence-corrected chi connectivity index (χ0v) is 13.7. The smallest absolute Gasteiger partial charge is 0.407 e. The van der Waals surface area contributed by atoms with Gasteiger partial charge in [-0.25, -0.2) is 4.79 Å². The summed E-state index contributed by atoms with van der Waals surface area (Å²) >= 11 is 3.36. The lowest BCUT2D eigenvalue weighted by Crippen LogP contribution is -2.41. The van der Waals surface area contributed by atoms with Gasteiger partial charge in [0.2, 0.25) is 0 Å². The van der Waals surface area contributed by atoms with Crippen molar-refractivity contribution in [2.24, 2.45) is 0 Å². The lowest BCUT2D eigenvalue weighted by atomic mass is 10.1. The number of hydrogen-bond acceptors (Lipinski definition) is 4. The van der Waals surface area contributed by atoms with Gasteiger partial charge < -0.3 is 10.1 Å². The minimum Gasteiger partial charge on any atom is -0.449 e. The largest absolute Gasteiger partial charge is 0.449 e. The summed E-state index contributed by atoms with van der Waals surface area (Å²) in [5, 5.41) is 15.8. The molecule has 0 aliphatic heterocycles. The maximum Gasteiger partial charge on any atom is 0.407 e. The number of amides is 1. The third kappa shape index (κ3) is 4.53. The molecule has 1 amide bonds. The molecular weight excluding hydrogens is 324 g/mol. The Balaban J connectivity index is 2.61. The highest BCUT2D eigenvalue weighted by Gasteiger charge is 2.17. The van der Waals surface area contributed by atoms with Crippen LogP contribution in [-0.4, -0.2) is 28.0 Å². The van der Waals surface area contributed by atoms with Crippen LogP contribution < -0.4 is 5.32 Å². The fourth-order valence-electron chi connectivity index (χ4n) is 1.63. The molecule has 1 aromatic heterocycles. The minimum atomic E-state index is -0.448. The third-order valence-corrected chi connectivity index (χ3v) is 3.28. The summed E-state index contributed by atoms with van der Waals surface area (Å²) in [7, 11) is 0. The SMILES string of the molecule is CCn1nc(C#N)c(Br)c1CCOC(=O)NC(C)(C)C. The summed E-state index contributed by atoms with van der Waals surface area (Å²) in [5.41, 5.74) is 0.880. The van der Waals surface area contributed by atoms with Crippen molar-refractivity contribution >= 4 is 22.0 Å². The first-order valence-electron chi connectivity index (χ1n) is 6.38. The summed E-state index contributed by atoms with van der Waals surface area (Å²) in [5.74, 6) is 0. The van der Waals surface area contributed by atoms with Gasteiger partial charge in [-0.3, -0.25) is 4.68 Å². The van der Waals surface area contributed by atoms with Crippen molar-refractivity contribution in [1.82, 2.24) is 15.1 Å². The van der Waals surface area contributed by atoms with Gasteiger partial charge >= 0.3 is 6.09 Å². The molecule has 0 aliphatic carbocycles. The van der Waals surface area contributed by atoms with Gasteiger partial charge in [-0.15, -0.1) is 0 Å². The maximum atomic E-state index is 11.5. The molecule has 0 radical (unpaired) electrons. The Morgan fingerprint density at radius 2 is 2.20 bits per heavy atom. The van der Waals surface area contributed by atoms with Crippen LogP contribution in [-0.2, 0) is 17.7 Å². The number of rotatable bonds is 4. The van der Waals surface area contributed by atoms with Crippen LogP contribution in [0.4, 0.5) is 4.79 Å². The van der Waals surface area contributed by atoms with Crippen molar-refractivity contribution in [2.45, 2.75) is 46.2 Å². The standard InChI is InChI=1S/C13H19BrN4O2/c1-5-18-10(11(14)9(8-15)17-18)6-7-20-12(19)16-13(2,3)4/h5-7H2,1-4H3,(H,16,19). The van der Waals surface area contributed by atoms with E-state index in [9.17, 15) is 4.79 Å². The molecule has 0 atom stereocenters. The van der Waals surface area contributed by atoms with Gasteiger partial charge in [0.15, 0.2) is 5.69 Å². The molecule has 7 heteroatoms. The number of aromatic nitrogens is 2. The molecule has 0 unspecified atom stereocenters. The number of nitriles is 1. The Labute approximate surface area is 127 Å². The number of ether oxygens (including phenoxy) is 1. The van der Waals surface area contributed by atoms with Gasteiger partial charge in [-0.05, 0) is 43.6 Å². The molecule has 6 nitrogen and oxygen atoms in total. The first kappa shape index (κ1) is 16.5. The zero-order valence-electron chi connectivity index (χ0n) is 12.2. The molecule has 0 bridgehead atoms. The second kappa shape index (κ2) is 6.75. The van der Waals surface area contributed by atoms with Crippen LogP contribution in [0.25, 0.3) is 0 Å². The Hall–Kier alpha value is -1.55. The lowest BCUT2D eigenvalue weighted by molar-refractivity contribution is 0.138. The van der Waals surface area contributed by atoms with E-state index < -0.39 is 6.09 Å². The molecule has 0 saturated carbocycles. The highest BCUT2D eigenvalue weighted by molar-refractivity contribution is 9.10. The summed E-state index contributed by atoms with van der Waals surface area (Å²) in [6.07, 6.45) is 0.0532. The van der Waals surface area contributed by atoms with Gasteiger partial charge in [-0.2, -0.15) is 10.4 Å². The molecular formula is C13H19BrN4O2. The number of carbonyl (C=O) groups excluding carboxylic acids is 1. The monoisotopic (exact) mass is 342 g/mol. The van der Waals surface area contributed by atoms with Crippen LogP contribution in [0.3, 0.4) is 0 Å². The molecule has 1 rings (SSSR count). The van der Waals surface area contributed by atoms with Crippen molar-refractivity contribution in [2.75, 3.05) is 6.61 Å². The van der Waals surface area contributed by atoms with E-state index in [2.05, 4.69) is 26.3 Å². The molecule has 0 spiro atoms. The van der Waals surface area contributed by atoms with Crippen molar-refractivity contribution in [3.8, 4) is 6.07 Å². The molecule has 0 aliphatic rings. The van der Waals surface area contributed by atoms with Crippen LogP contribution in [0.15, 0.2) is 4.47 Å². The third-order valence-electron chi connectivity index (χ3n) is 2.45. The summed E-state index contributed by atoms with van der Waals surface area (Å²) < 4.78 is 7.52.